The van der Waals surface area contributed by atoms with Crippen LogP contribution in [0.2, 0.25) is 0 Å². The summed E-state index contributed by atoms with van der Waals surface area (Å²) in [6.45, 7) is 3.55. The van der Waals surface area contributed by atoms with E-state index < -0.39 is 21.5 Å². The Bertz CT molecular complexity index is 677. The van der Waals surface area contributed by atoms with Crippen molar-refractivity contribution in [2.75, 3.05) is 0 Å². The maximum Gasteiger partial charge on any atom is 0.303 e. The summed E-state index contributed by atoms with van der Waals surface area (Å²) in [7, 11) is -3.56. The van der Waals surface area contributed by atoms with E-state index in [4.69, 9.17) is 5.11 Å². The molecule has 0 radical (unpaired) electrons. The SMILES string of the molecule is CC(C)(CCC(=O)O)N=C1NS(=O)(=O)c2ccccc21. The number of carboxylic acids is 1. The van der Waals surface area contributed by atoms with Crippen molar-refractivity contribution in [3.05, 3.63) is 29.8 Å². The average Bonchev–Trinajstić information content (AvgIpc) is 2.59. The highest BCUT2D eigenvalue weighted by Gasteiger charge is 2.32. The summed E-state index contributed by atoms with van der Waals surface area (Å²) in [6, 6.07) is 6.58. The lowest BCUT2D eigenvalue weighted by Crippen LogP contribution is -2.28. The molecule has 20 heavy (non-hydrogen) atoms. The van der Waals surface area contributed by atoms with E-state index in [0.29, 0.717) is 12.0 Å². The number of hydrogen-bond donors (Lipinski definition) is 2. The minimum Gasteiger partial charge on any atom is -0.481 e. The minimum atomic E-state index is -3.56. The molecule has 0 saturated carbocycles. The van der Waals surface area contributed by atoms with Gasteiger partial charge in [-0.15, -0.1) is 0 Å². The fraction of sp³-hybridized carbons (Fsp3) is 0.385. The zero-order valence-electron chi connectivity index (χ0n) is 11.3. The van der Waals surface area contributed by atoms with Gasteiger partial charge in [0.05, 0.1) is 10.4 Å². The summed E-state index contributed by atoms with van der Waals surface area (Å²) in [5.41, 5.74) is -0.135. The largest absolute Gasteiger partial charge is 0.481 e. The lowest BCUT2D eigenvalue weighted by Gasteiger charge is -2.19. The Morgan fingerprint density at radius 2 is 2.00 bits per heavy atom. The molecular weight excluding hydrogens is 280 g/mol. The number of nitrogens with one attached hydrogen (secondary N) is 1. The second kappa shape index (κ2) is 4.90. The van der Waals surface area contributed by atoms with E-state index in [9.17, 15) is 13.2 Å². The van der Waals surface area contributed by atoms with Gasteiger partial charge in [-0.1, -0.05) is 12.1 Å². The van der Waals surface area contributed by atoms with Crippen molar-refractivity contribution in [2.24, 2.45) is 4.99 Å². The molecule has 0 aliphatic carbocycles. The van der Waals surface area contributed by atoms with E-state index in [0.717, 1.165) is 0 Å². The van der Waals surface area contributed by atoms with Gasteiger partial charge in [-0.25, -0.2) is 8.42 Å². The highest BCUT2D eigenvalue weighted by atomic mass is 32.2. The van der Waals surface area contributed by atoms with Crippen molar-refractivity contribution in [1.82, 2.24) is 4.72 Å². The number of aliphatic carboxylic acids is 1. The van der Waals surface area contributed by atoms with Gasteiger partial charge in [-0.3, -0.25) is 14.5 Å². The van der Waals surface area contributed by atoms with E-state index in [2.05, 4.69) is 9.71 Å². The number of hydrogen-bond acceptors (Lipinski definition) is 4. The number of fused-ring (bicyclic) bond motifs is 1. The third-order valence-corrected chi connectivity index (χ3v) is 4.42. The summed E-state index contributed by atoms with van der Waals surface area (Å²) in [4.78, 5) is 15.2. The zero-order valence-corrected chi connectivity index (χ0v) is 12.1. The molecule has 1 aliphatic heterocycles. The average molecular weight is 296 g/mol. The number of sulfonamides is 1. The first kappa shape index (κ1) is 14.5. The second-order valence-electron chi connectivity index (χ2n) is 5.27. The molecule has 0 spiro atoms. The highest BCUT2D eigenvalue weighted by Crippen LogP contribution is 2.25. The molecule has 6 nitrogen and oxygen atoms in total. The van der Waals surface area contributed by atoms with Gasteiger partial charge in [0.2, 0.25) is 0 Å². The van der Waals surface area contributed by atoms with E-state index in [-0.39, 0.29) is 17.2 Å². The van der Waals surface area contributed by atoms with Gasteiger partial charge in [0.1, 0.15) is 5.84 Å². The van der Waals surface area contributed by atoms with E-state index in [1.165, 1.54) is 6.07 Å². The number of carbonyl (C=O) groups is 1. The Kier molecular flexibility index (Phi) is 3.56. The number of amidine groups is 1. The predicted octanol–water partition coefficient (Wildman–Crippen LogP) is 1.37. The van der Waals surface area contributed by atoms with Crippen LogP contribution in [0.1, 0.15) is 32.3 Å². The fourth-order valence-electron chi connectivity index (χ4n) is 1.99. The lowest BCUT2D eigenvalue weighted by atomic mass is 9.99. The van der Waals surface area contributed by atoms with Crippen LogP contribution in [-0.2, 0) is 14.8 Å². The van der Waals surface area contributed by atoms with Crippen molar-refractivity contribution in [2.45, 2.75) is 37.1 Å². The van der Waals surface area contributed by atoms with Gasteiger partial charge in [0.15, 0.2) is 0 Å². The van der Waals surface area contributed by atoms with Crippen molar-refractivity contribution in [3.8, 4) is 0 Å². The molecule has 0 bridgehead atoms. The highest BCUT2D eigenvalue weighted by molar-refractivity contribution is 7.90. The number of aliphatic imine (C=N–C) groups is 1. The second-order valence-corrected chi connectivity index (χ2v) is 6.92. The third kappa shape index (κ3) is 2.98. The topological polar surface area (TPSA) is 95.8 Å². The Morgan fingerprint density at radius 3 is 2.65 bits per heavy atom. The van der Waals surface area contributed by atoms with Gasteiger partial charge in [-0.05, 0) is 32.4 Å². The molecule has 0 saturated heterocycles. The predicted molar refractivity (Wildman–Crippen MR) is 74.2 cm³/mol. The standard InChI is InChI=1S/C13H16N2O4S/c1-13(2,8-7-11(16)17)14-12-9-5-3-4-6-10(9)20(18,19)15-12/h3-6H,7-8H2,1-2H3,(H,14,15)(H,16,17). The fourth-order valence-corrected chi connectivity index (χ4v) is 3.22. The van der Waals surface area contributed by atoms with E-state index in [1.807, 2.05) is 0 Å². The summed E-state index contributed by atoms with van der Waals surface area (Å²) in [5.74, 6) is -0.623. The minimum absolute atomic E-state index is 0.0157. The van der Waals surface area contributed by atoms with Crippen molar-refractivity contribution in [3.63, 3.8) is 0 Å². The number of rotatable bonds is 4. The molecule has 0 fully saturated rings. The van der Waals surface area contributed by atoms with E-state index in [1.54, 1.807) is 32.0 Å². The van der Waals surface area contributed by atoms with Crippen LogP contribution in [-0.4, -0.2) is 30.9 Å². The van der Waals surface area contributed by atoms with Crippen LogP contribution in [0.5, 0.6) is 0 Å². The molecule has 1 heterocycles. The van der Waals surface area contributed by atoms with Gasteiger partial charge < -0.3 is 5.11 Å². The Balaban J connectivity index is 2.35. The number of benzene rings is 1. The molecule has 7 heteroatoms. The van der Waals surface area contributed by atoms with Crippen molar-refractivity contribution in [1.29, 1.82) is 0 Å². The molecule has 1 aliphatic rings. The maximum absolute atomic E-state index is 11.9. The molecule has 0 amide bonds. The van der Waals surface area contributed by atoms with Crippen LogP contribution in [0, 0.1) is 0 Å². The molecule has 1 aromatic carbocycles. The molecule has 0 aromatic heterocycles. The monoisotopic (exact) mass is 296 g/mol. The molecule has 108 valence electrons. The first-order valence-electron chi connectivity index (χ1n) is 6.15. The quantitative estimate of drug-likeness (QED) is 0.877. The molecular formula is C13H16N2O4S. The Hall–Kier alpha value is -1.89. The molecule has 1 aromatic rings. The molecule has 2 N–H and O–H groups in total. The van der Waals surface area contributed by atoms with Crippen LogP contribution in [0.15, 0.2) is 34.2 Å². The number of nitrogens with zero attached hydrogens (tertiary/aromatic N) is 1. The van der Waals surface area contributed by atoms with E-state index >= 15 is 0 Å². The van der Waals surface area contributed by atoms with Crippen LogP contribution in [0.25, 0.3) is 0 Å². The Labute approximate surface area is 117 Å². The van der Waals surface area contributed by atoms with Gasteiger partial charge in [0, 0.05) is 12.0 Å². The zero-order chi connectivity index (χ0) is 15.0. The van der Waals surface area contributed by atoms with Gasteiger partial charge >= 0.3 is 5.97 Å². The summed E-state index contributed by atoms with van der Waals surface area (Å²) < 4.78 is 26.3. The molecule has 0 unspecified atom stereocenters. The van der Waals surface area contributed by atoms with Gasteiger partial charge in [0.25, 0.3) is 10.0 Å². The van der Waals surface area contributed by atoms with Crippen LogP contribution >= 0.6 is 0 Å². The molecule has 0 atom stereocenters. The molecule has 2 rings (SSSR count). The normalized spacial score (nSPS) is 18.6. The lowest BCUT2D eigenvalue weighted by molar-refractivity contribution is -0.137. The summed E-state index contributed by atoms with van der Waals surface area (Å²) >= 11 is 0. The first-order valence-corrected chi connectivity index (χ1v) is 7.63. The summed E-state index contributed by atoms with van der Waals surface area (Å²) in [6.07, 6.45) is 0.313. The summed E-state index contributed by atoms with van der Waals surface area (Å²) in [5, 5.41) is 8.72. The van der Waals surface area contributed by atoms with Crippen LogP contribution in [0.4, 0.5) is 0 Å². The first-order chi connectivity index (χ1) is 9.21. The third-order valence-electron chi connectivity index (χ3n) is 3.03. The Morgan fingerprint density at radius 1 is 1.35 bits per heavy atom. The van der Waals surface area contributed by atoms with Crippen molar-refractivity contribution >= 4 is 21.8 Å². The van der Waals surface area contributed by atoms with Crippen LogP contribution in [0.3, 0.4) is 0 Å². The van der Waals surface area contributed by atoms with Crippen molar-refractivity contribution < 1.29 is 18.3 Å². The maximum atomic E-state index is 11.9. The number of carboxylic acid groups (broad SMARTS) is 1. The van der Waals surface area contributed by atoms with Gasteiger partial charge in [-0.2, -0.15) is 0 Å². The van der Waals surface area contributed by atoms with Crippen LogP contribution < -0.4 is 4.72 Å². The smallest absolute Gasteiger partial charge is 0.303 e.